The van der Waals surface area contributed by atoms with Gasteiger partial charge >= 0.3 is 0 Å². The van der Waals surface area contributed by atoms with Crippen molar-refractivity contribution in [3.63, 3.8) is 0 Å². The Labute approximate surface area is 109 Å². The van der Waals surface area contributed by atoms with E-state index in [-0.39, 0.29) is 0 Å². The van der Waals surface area contributed by atoms with Crippen LogP contribution in [0.3, 0.4) is 0 Å². The van der Waals surface area contributed by atoms with Crippen LogP contribution in [-0.2, 0) is 0 Å². The van der Waals surface area contributed by atoms with E-state index in [4.69, 9.17) is 0 Å². The molecule has 1 heteroatoms. The van der Waals surface area contributed by atoms with E-state index in [0.29, 0.717) is 0 Å². The molecule has 1 aromatic carbocycles. The average molecular weight is 246 g/mol. The van der Waals surface area contributed by atoms with Crippen molar-refractivity contribution >= 4 is 13.3 Å². The Bertz CT molecular complexity index is 621. The molecule has 0 fully saturated rings. The van der Waals surface area contributed by atoms with E-state index in [9.17, 15) is 0 Å². The molecule has 0 bridgehead atoms. The van der Waals surface area contributed by atoms with Crippen LogP contribution in [-0.4, -0.2) is 8.07 Å². The zero-order valence-electron chi connectivity index (χ0n) is 10.4. The van der Waals surface area contributed by atoms with E-state index in [1.54, 1.807) is 0 Å². The quantitative estimate of drug-likeness (QED) is 0.567. The van der Waals surface area contributed by atoms with E-state index >= 15 is 0 Å². The van der Waals surface area contributed by atoms with Crippen LogP contribution in [0.1, 0.15) is 0 Å². The first-order valence-electron chi connectivity index (χ1n) is 6.15. The van der Waals surface area contributed by atoms with Gasteiger partial charge in [0.1, 0.15) is 0 Å². The standard InChI is InChI=1S/C17H14Si/c1-18(16-11-5-6-12-16,17-13-7-8-14-17)15-9-3-2-4-10-15/h2-11,13H,1H3. The molecular weight excluding hydrogens is 232 g/mol. The van der Waals surface area contributed by atoms with Gasteiger partial charge in [-0.05, 0) is 27.7 Å². The Morgan fingerprint density at radius 1 is 0.833 bits per heavy atom. The van der Waals surface area contributed by atoms with Gasteiger partial charge in [-0.3, -0.25) is 0 Å². The normalized spacial score (nSPS) is 16.3. The van der Waals surface area contributed by atoms with E-state index in [1.807, 2.05) is 12.2 Å². The summed E-state index contributed by atoms with van der Waals surface area (Å²) in [5.74, 6) is 0. The van der Waals surface area contributed by atoms with Crippen LogP contribution in [0.15, 0.2) is 88.6 Å². The first-order valence-corrected chi connectivity index (χ1v) is 8.65. The highest BCUT2D eigenvalue weighted by Gasteiger charge is 2.37. The van der Waals surface area contributed by atoms with Gasteiger partial charge in [-0.25, -0.2) is 0 Å². The van der Waals surface area contributed by atoms with Gasteiger partial charge in [0.25, 0.3) is 0 Å². The first-order chi connectivity index (χ1) is 8.82. The summed E-state index contributed by atoms with van der Waals surface area (Å²) < 4.78 is 0. The second-order valence-electron chi connectivity index (χ2n) is 4.66. The summed E-state index contributed by atoms with van der Waals surface area (Å²) in [6.07, 6.45) is 12.6. The lowest BCUT2D eigenvalue weighted by atomic mass is 10.4. The predicted octanol–water partition coefficient (Wildman–Crippen LogP) is 3.35. The topological polar surface area (TPSA) is 0 Å². The van der Waals surface area contributed by atoms with Crippen LogP contribution in [0.25, 0.3) is 0 Å². The molecule has 86 valence electrons. The summed E-state index contributed by atoms with van der Waals surface area (Å²) in [6, 6.07) is 10.8. The minimum atomic E-state index is -1.88. The molecule has 2 aliphatic carbocycles. The number of hydrogen-bond donors (Lipinski definition) is 0. The molecule has 0 amide bonds. The summed E-state index contributed by atoms with van der Waals surface area (Å²) in [7, 11) is -1.88. The lowest BCUT2D eigenvalue weighted by molar-refractivity contribution is 1.66. The van der Waals surface area contributed by atoms with Gasteiger partial charge in [-0.15, -0.1) is 11.5 Å². The molecule has 0 radical (unpaired) electrons. The number of allylic oxidation sites excluding steroid dienone is 6. The monoisotopic (exact) mass is 246 g/mol. The highest BCUT2D eigenvalue weighted by molar-refractivity contribution is 7.03. The molecule has 0 aromatic heterocycles. The molecule has 18 heavy (non-hydrogen) atoms. The van der Waals surface area contributed by atoms with Crippen molar-refractivity contribution in [2.45, 2.75) is 6.55 Å². The van der Waals surface area contributed by atoms with Gasteiger partial charge in [0.05, 0.1) is 0 Å². The highest BCUT2D eigenvalue weighted by atomic mass is 28.3. The van der Waals surface area contributed by atoms with Crippen molar-refractivity contribution in [2.75, 3.05) is 0 Å². The van der Waals surface area contributed by atoms with E-state index in [0.717, 1.165) is 0 Å². The fourth-order valence-electron chi connectivity index (χ4n) is 2.51. The van der Waals surface area contributed by atoms with Gasteiger partial charge in [0, 0.05) is 0 Å². The molecule has 0 saturated heterocycles. The van der Waals surface area contributed by atoms with Crippen molar-refractivity contribution < 1.29 is 0 Å². The van der Waals surface area contributed by atoms with Crippen LogP contribution in [0.2, 0.25) is 6.55 Å². The van der Waals surface area contributed by atoms with Crippen LogP contribution in [0.5, 0.6) is 0 Å². The fourth-order valence-corrected chi connectivity index (χ4v) is 5.88. The van der Waals surface area contributed by atoms with Crippen molar-refractivity contribution in [1.29, 1.82) is 0 Å². The molecule has 0 N–H and O–H groups in total. The molecule has 1 aromatic rings. The lowest BCUT2D eigenvalue weighted by Gasteiger charge is -2.27. The second kappa shape index (κ2) is 4.32. The van der Waals surface area contributed by atoms with Crippen molar-refractivity contribution in [1.82, 2.24) is 0 Å². The minimum absolute atomic E-state index is 1.33. The second-order valence-corrected chi connectivity index (χ2v) is 8.56. The number of benzene rings is 1. The molecule has 2 aliphatic rings. The van der Waals surface area contributed by atoms with Crippen LogP contribution >= 0.6 is 0 Å². The third kappa shape index (κ3) is 1.63. The third-order valence-corrected chi connectivity index (χ3v) is 7.89. The van der Waals surface area contributed by atoms with E-state index in [1.165, 1.54) is 15.6 Å². The van der Waals surface area contributed by atoms with Gasteiger partial charge in [0.2, 0.25) is 0 Å². The maximum absolute atomic E-state index is 3.41. The smallest absolute Gasteiger partial charge is 0.121 e. The van der Waals surface area contributed by atoms with Crippen LogP contribution in [0, 0.1) is 0 Å². The van der Waals surface area contributed by atoms with Gasteiger partial charge in [-0.2, -0.15) is 0 Å². The zero-order valence-corrected chi connectivity index (χ0v) is 11.4. The lowest BCUT2D eigenvalue weighted by Crippen LogP contribution is -2.47. The molecule has 0 nitrogen and oxygen atoms in total. The Morgan fingerprint density at radius 2 is 1.39 bits per heavy atom. The molecule has 3 rings (SSSR count). The highest BCUT2D eigenvalue weighted by Crippen LogP contribution is 2.27. The fraction of sp³-hybridized carbons (Fsp3) is 0.0588. The van der Waals surface area contributed by atoms with Crippen LogP contribution < -0.4 is 5.19 Å². The molecule has 0 aliphatic heterocycles. The van der Waals surface area contributed by atoms with Crippen LogP contribution in [0.4, 0.5) is 0 Å². The van der Waals surface area contributed by atoms with E-state index < -0.39 is 8.07 Å². The average Bonchev–Trinajstić information content (AvgIpc) is 3.12. The van der Waals surface area contributed by atoms with Crippen molar-refractivity contribution in [2.24, 2.45) is 0 Å². The summed E-state index contributed by atoms with van der Waals surface area (Å²) in [5.41, 5.74) is 6.81. The van der Waals surface area contributed by atoms with Gasteiger partial charge < -0.3 is 0 Å². The van der Waals surface area contributed by atoms with Crippen molar-refractivity contribution in [3.05, 3.63) is 88.6 Å². The summed E-state index contributed by atoms with van der Waals surface area (Å²) in [4.78, 5) is 0. The zero-order chi connectivity index (χ0) is 12.4. The Kier molecular flexibility index (Phi) is 2.66. The maximum atomic E-state index is 3.41. The Morgan fingerprint density at radius 3 is 1.83 bits per heavy atom. The van der Waals surface area contributed by atoms with E-state index in [2.05, 4.69) is 72.6 Å². The molecule has 0 unspecified atom stereocenters. The Hall–Kier alpha value is -2.04. The first kappa shape index (κ1) is 11.1. The summed E-state index contributed by atoms with van der Waals surface area (Å²) in [6.45, 7) is 2.38. The van der Waals surface area contributed by atoms with Gasteiger partial charge in [0.15, 0.2) is 8.07 Å². The number of rotatable bonds is 3. The maximum Gasteiger partial charge on any atom is 0.164 e. The molecular formula is C17H14Si. The SMILES string of the molecule is C[Si](C1=C=CC=C1)(C1=C=CC=C1)c1ccccc1. The predicted molar refractivity (Wildman–Crippen MR) is 79.2 cm³/mol. The van der Waals surface area contributed by atoms with Gasteiger partial charge in [-0.1, -0.05) is 61.2 Å². The number of hydrogen-bond acceptors (Lipinski definition) is 0. The minimum Gasteiger partial charge on any atom is -0.121 e. The molecule has 0 saturated carbocycles. The van der Waals surface area contributed by atoms with Crippen molar-refractivity contribution in [3.8, 4) is 0 Å². The molecule has 0 atom stereocenters. The third-order valence-electron chi connectivity index (χ3n) is 3.62. The Balaban J connectivity index is 2.22. The largest absolute Gasteiger partial charge is 0.164 e. The summed E-state index contributed by atoms with van der Waals surface area (Å²) >= 11 is 0. The summed E-state index contributed by atoms with van der Waals surface area (Å²) in [5, 5.41) is 4.07. The molecule has 0 spiro atoms. The molecule has 0 heterocycles.